The van der Waals surface area contributed by atoms with Gasteiger partial charge in [0.25, 0.3) is 5.56 Å². The van der Waals surface area contributed by atoms with Crippen molar-refractivity contribution in [3.8, 4) is 22.5 Å². The zero-order valence-corrected chi connectivity index (χ0v) is 11.3. The molecule has 0 radical (unpaired) electrons. The van der Waals surface area contributed by atoms with Crippen LogP contribution in [0, 0.1) is 0 Å². The Morgan fingerprint density at radius 1 is 0.850 bits per heavy atom. The molecule has 0 fully saturated rings. The number of halogens is 1. The molecule has 3 nitrogen and oxygen atoms in total. The van der Waals surface area contributed by atoms with E-state index in [0.717, 1.165) is 11.1 Å². The molecule has 98 valence electrons. The number of benzene rings is 2. The third kappa shape index (κ3) is 2.36. The first-order valence-electron chi connectivity index (χ1n) is 6.16. The van der Waals surface area contributed by atoms with E-state index in [1.54, 1.807) is 0 Å². The number of H-pyrrole nitrogens is 1. The molecule has 1 heterocycles. The van der Waals surface area contributed by atoms with E-state index in [9.17, 15) is 4.79 Å². The molecule has 3 rings (SSSR count). The first-order valence-corrected chi connectivity index (χ1v) is 6.54. The highest BCUT2D eigenvalue weighted by atomic mass is 35.5. The normalized spacial score (nSPS) is 10.4. The van der Waals surface area contributed by atoms with Crippen molar-refractivity contribution in [3.05, 3.63) is 76.2 Å². The Balaban J connectivity index is 2.15. The maximum atomic E-state index is 12.2. The number of aromatic nitrogens is 2. The summed E-state index contributed by atoms with van der Waals surface area (Å²) < 4.78 is 0. The molecule has 0 amide bonds. The first kappa shape index (κ1) is 12.6. The van der Waals surface area contributed by atoms with E-state index < -0.39 is 0 Å². The number of rotatable bonds is 2. The van der Waals surface area contributed by atoms with Crippen molar-refractivity contribution < 1.29 is 0 Å². The van der Waals surface area contributed by atoms with Gasteiger partial charge in [0.15, 0.2) is 5.15 Å². The molecule has 0 bridgehead atoms. The fourth-order valence-corrected chi connectivity index (χ4v) is 2.26. The van der Waals surface area contributed by atoms with Gasteiger partial charge >= 0.3 is 0 Å². The Hall–Kier alpha value is -2.39. The van der Waals surface area contributed by atoms with Crippen molar-refractivity contribution in [2.24, 2.45) is 0 Å². The summed E-state index contributed by atoms with van der Waals surface area (Å²) in [5.74, 6) is 0. The van der Waals surface area contributed by atoms with Crippen molar-refractivity contribution in [2.45, 2.75) is 0 Å². The fraction of sp³-hybridized carbons (Fsp3) is 0. The van der Waals surface area contributed by atoms with Gasteiger partial charge in [0.05, 0.1) is 5.69 Å². The predicted octanol–water partition coefficient (Wildman–Crippen LogP) is 3.76. The monoisotopic (exact) mass is 282 g/mol. The van der Waals surface area contributed by atoms with Gasteiger partial charge in [0, 0.05) is 11.1 Å². The van der Waals surface area contributed by atoms with E-state index in [4.69, 9.17) is 11.6 Å². The highest BCUT2D eigenvalue weighted by molar-refractivity contribution is 6.31. The molecule has 0 aliphatic carbocycles. The molecule has 0 atom stereocenters. The standard InChI is InChI=1S/C16H11ClN2O/c17-15-13(11-7-3-1-4-8-11)19-16(20)14(18-15)12-9-5-2-6-10-12/h1-10H,(H,19,20). The summed E-state index contributed by atoms with van der Waals surface area (Å²) in [4.78, 5) is 19.2. The lowest BCUT2D eigenvalue weighted by atomic mass is 10.1. The Labute approximate surface area is 120 Å². The molecular formula is C16H11ClN2O. The number of nitrogens with one attached hydrogen (secondary N) is 1. The van der Waals surface area contributed by atoms with Crippen molar-refractivity contribution >= 4 is 11.6 Å². The number of hydrogen-bond acceptors (Lipinski definition) is 2. The van der Waals surface area contributed by atoms with Gasteiger partial charge in [-0.15, -0.1) is 0 Å². The lowest BCUT2D eigenvalue weighted by molar-refractivity contribution is 1.15. The smallest absolute Gasteiger partial charge is 0.275 e. The second-order valence-electron chi connectivity index (χ2n) is 4.31. The Morgan fingerprint density at radius 3 is 2.00 bits per heavy atom. The summed E-state index contributed by atoms with van der Waals surface area (Å²) >= 11 is 6.20. The van der Waals surface area contributed by atoms with Gasteiger partial charge < -0.3 is 4.98 Å². The number of hydrogen-bond donors (Lipinski definition) is 1. The molecule has 2 aromatic carbocycles. The van der Waals surface area contributed by atoms with E-state index in [-0.39, 0.29) is 10.7 Å². The molecule has 20 heavy (non-hydrogen) atoms. The summed E-state index contributed by atoms with van der Waals surface area (Å²) in [7, 11) is 0. The summed E-state index contributed by atoms with van der Waals surface area (Å²) in [6, 6.07) is 18.7. The number of nitrogens with zero attached hydrogens (tertiary/aromatic N) is 1. The SMILES string of the molecule is O=c1[nH]c(-c2ccccc2)c(Cl)nc1-c1ccccc1. The first-order chi connectivity index (χ1) is 9.75. The third-order valence-electron chi connectivity index (χ3n) is 2.98. The second-order valence-corrected chi connectivity index (χ2v) is 4.67. The van der Waals surface area contributed by atoms with Crippen molar-refractivity contribution in [3.63, 3.8) is 0 Å². The Morgan fingerprint density at radius 2 is 1.40 bits per heavy atom. The average molecular weight is 283 g/mol. The summed E-state index contributed by atoms with van der Waals surface area (Å²) in [5.41, 5.74) is 2.20. The van der Waals surface area contributed by atoms with Gasteiger partial charge in [-0.05, 0) is 0 Å². The van der Waals surface area contributed by atoms with Gasteiger partial charge in [-0.25, -0.2) is 4.98 Å². The van der Waals surface area contributed by atoms with Crippen molar-refractivity contribution in [1.82, 2.24) is 9.97 Å². The van der Waals surface area contributed by atoms with Crippen LogP contribution in [0.15, 0.2) is 65.5 Å². The largest absolute Gasteiger partial charge is 0.317 e. The lowest BCUT2D eigenvalue weighted by Crippen LogP contribution is -2.13. The highest BCUT2D eigenvalue weighted by Crippen LogP contribution is 2.24. The molecule has 0 saturated carbocycles. The van der Waals surface area contributed by atoms with Crippen LogP contribution in [0.5, 0.6) is 0 Å². The fourth-order valence-electron chi connectivity index (χ4n) is 2.02. The molecule has 4 heteroatoms. The minimum atomic E-state index is -0.251. The van der Waals surface area contributed by atoms with E-state index in [2.05, 4.69) is 9.97 Å². The van der Waals surface area contributed by atoms with Gasteiger partial charge in [0.2, 0.25) is 0 Å². The maximum absolute atomic E-state index is 12.2. The molecule has 0 unspecified atom stereocenters. The van der Waals surface area contributed by atoms with Gasteiger partial charge in [-0.2, -0.15) is 0 Å². The van der Waals surface area contributed by atoms with Crippen LogP contribution in [0.2, 0.25) is 5.15 Å². The van der Waals surface area contributed by atoms with Crippen LogP contribution < -0.4 is 5.56 Å². The van der Waals surface area contributed by atoms with Gasteiger partial charge in [-0.3, -0.25) is 4.79 Å². The molecule has 1 aromatic heterocycles. The van der Waals surface area contributed by atoms with Crippen LogP contribution in [0.25, 0.3) is 22.5 Å². The lowest BCUT2D eigenvalue weighted by Gasteiger charge is -2.06. The third-order valence-corrected chi connectivity index (χ3v) is 3.25. The molecule has 0 saturated heterocycles. The molecular weight excluding hydrogens is 272 g/mol. The van der Waals surface area contributed by atoms with E-state index in [1.807, 2.05) is 60.7 Å². The molecule has 0 aliphatic rings. The van der Waals surface area contributed by atoms with Crippen LogP contribution >= 0.6 is 11.6 Å². The highest BCUT2D eigenvalue weighted by Gasteiger charge is 2.11. The van der Waals surface area contributed by atoms with E-state index in [0.29, 0.717) is 11.4 Å². The van der Waals surface area contributed by atoms with Gasteiger partial charge in [-0.1, -0.05) is 72.3 Å². The minimum Gasteiger partial charge on any atom is -0.317 e. The minimum absolute atomic E-state index is 0.251. The van der Waals surface area contributed by atoms with Crippen LogP contribution in [0.3, 0.4) is 0 Å². The Kier molecular flexibility index (Phi) is 3.35. The summed E-state index contributed by atoms with van der Waals surface area (Å²) in [6.07, 6.45) is 0. The predicted molar refractivity (Wildman–Crippen MR) is 80.7 cm³/mol. The average Bonchev–Trinajstić information content (AvgIpc) is 2.51. The summed E-state index contributed by atoms with van der Waals surface area (Å²) in [6.45, 7) is 0. The number of aromatic amines is 1. The summed E-state index contributed by atoms with van der Waals surface area (Å²) in [5, 5.41) is 0.287. The van der Waals surface area contributed by atoms with Crippen LogP contribution in [0.4, 0.5) is 0 Å². The van der Waals surface area contributed by atoms with Crippen molar-refractivity contribution in [2.75, 3.05) is 0 Å². The van der Waals surface area contributed by atoms with Gasteiger partial charge in [0.1, 0.15) is 5.69 Å². The quantitative estimate of drug-likeness (QED) is 0.778. The molecule has 0 spiro atoms. The second kappa shape index (κ2) is 5.31. The van der Waals surface area contributed by atoms with E-state index >= 15 is 0 Å². The topological polar surface area (TPSA) is 45.8 Å². The van der Waals surface area contributed by atoms with Crippen molar-refractivity contribution in [1.29, 1.82) is 0 Å². The molecule has 0 aliphatic heterocycles. The maximum Gasteiger partial charge on any atom is 0.275 e. The zero-order valence-electron chi connectivity index (χ0n) is 10.5. The van der Waals surface area contributed by atoms with E-state index in [1.165, 1.54) is 0 Å². The Bertz CT molecular complexity index is 783. The zero-order chi connectivity index (χ0) is 13.9. The molecule has 3 aromatic rings. The van der Waals surface area contributed by atoms with Crippen LogP contribution in [0.1, 0.15) is 0 Å². The van der Waals surface area contributed by atoms with Crippen LogP contribution in [-0.4, -0.2) is 9.97 Å². The van der Waals surface area contributed by atoms with Crippen LogP contribution in [-0.2, 0) is 0 Å². The molecule has 1 N–H and O–H groups in total.